The lowest BCUT2D eigenvalue weighted by atomic mass is 10.2. The fourth-order valence-electron chi connectivity index (χ4n) is 2.16. The molecule has 1 aliphatic heterocycles. The molecular formula is C11H15N5O4. The Labute approximate surface area is 113 Å². The van der Waals surface area contributed by atoms with Crippen molar-refractivity contribution in [2.24, 2.45) is 5.11 Å². The van der Waals surface area contributed by atoms with Gasteiger partial charge >= 0.3 is 5.69 Å². The van der Waals surface area contributed by atoms with Crippen molar-refractivity contribution in [2.75, 3.05) is 6.54 Å². The second kappa shape index (κ2) is 5.91. The molecule has 20 heavy (non-hydrogen) atoms. The van der Waals surface area contributed by atoms with Crippen LogP contribution in [0.15, 0.2) is 20.9 Å². The summed E-state index contributed by atoms with van der Waals surface area (Å²) in [5.74, 6) is 0. The van der Waals surface area contributed by atoms with Crippen LogP contribution in [0.25, 0.3) is 10.4 Å². The van der Waals surface area contributed by atoms with Crippen LogP contribution in [0.3, 0.4) is 0 Å². The molecule has 2 N–H and O–H groups in total. The number of azide groups is 1. The van der Waals surface area contributed by atoms with Gasteiger partial charge in [-0.2, -0.15) is 0 Å². The summed E-state index contributed by atoms with van der Waals surface area (Å²) in [6, 6.07) is 0. The zero-order valence-corrected chi connectivity index (χ0v) is 10.9. The van der Waals surface area contributed by atoms with Gasteiger partial charge in [0, 0.05) is 23.1 Å². The summed E-state index contributed by atoms with van der Waals surface area (Å²) in [6.07, 6.45) is -0.0461. The summed E-state index contributed by atoms with van der Waals surface area (Å²) in [7, 11) is 0. The predicted octanol–water partition coefficient (Wildman–Crippen LogP) is 0.0577. The number of aromatic amines is 1. The maximum atomic E-state index is 11.8. The van der Waals surface area contributed by atoms with Gasteiger partial charge in [-0.1, -0.05) is 12.0 Å². The number of ether oxygens (including phenoxy) is 1. The number of rotatable bonds is 4. The summed E-state index contributed by atoms with van der Waals surface area (Å²) >= 11 is 0. The Morgan fingerprint density at radius 3 is 3.05 bits per heavy atom. The fourth-order valence-corrected chi connectivity index (χ4v) is 2.16. The van der Waals surface area contributed by atoms with E-state index in [0.29, 0.717) is 12.0 Å². The molecule has 9 heteroatoms. The van der Waals surface area contributed by atoms with E-state index in [-0.39, 0.29) is 13.0 Å². The second-order valence-corrected chi connectivity index (χ2v) is 4.52. The van der Waals surface area contributed by atoms with Crippen molar-refractivity contribution in [2.45, 2.75) is 38.2 Å². The summed E-state index contributed by atoms with van der Waals surface area (Å²) in [5.41, 5.74) is 7.72. The first kappa shape index (κ1) is 14.3. The van der Waals surface area contributed by atoms with Crippen molar-refractivity contribution in [1.82, 2.24) is 9.55 Å². The molecule has 1 saturated heterocycles. The normalized spacial score (nSPS) is 25.4. The van der Waals surface area contributed by atoms with Crippen LogP contribution in [0.1, 0.15) is 25.1 Å². The van der Waals surface area contributed by atoms with Gasteiger partial charge in [0.1, 0.15) is 6.23 Å². The van der Waals surface area contributed by atoms with E-state index in [9.17, 15) is 14.7 Å². The minimum atomic E-state index is -0.825. The number of nitrogens with one attached hydrogen (secondary N) is 1. The fraction of sp³-hybridized carbons (Fsp3) is 0.636. The Morgan fingerprint density at radius 2 is 2.40 bits per heavy atom. The zero-order valence-electron chi connectivity index (χ0n) is 10.9. The molecular weight excluding hydrogens is 266 g/mol. The molecule has 1 fully saturated rings. The highest BCUT2D eigenvalue weighted by Gasteiger charge is 2.35. The van der Waals surface area contributed by atoms with Crippen LogP contribution in [0.5, 0.6) is 0 Å². The molecule has 108 valence electrons. The van der Waals surface area contributed by atoms with Crippen molar-refractivity contribution in [3.05, 3.63) is 43.0 Å². The second-order valence-electron chi connectivity index (χ2n) is 4.52. The molecule has 3 atom stereocenters. The monoisotopic (exact) mass is 281 g/mol. The van der Waals surface area contributed by atoms with Crippen molar-refractivity contribution < 1.29 is 9.84 Å². The maximum absolute atomic E-state index is 11.8. The molecule has 2 rings (SSSR count). The third-order valence-electron chi connectivity index (χ3n) is 3.26. The zero-order chi connectivity index (χ0) is 14.7. The lowest BCUT2D eigenvalue weighted by Gasteiger charge is -2.15. The van der Waals surface area contributed by atoms with Crippen LogP contribution < -0.4 is 11.2 Å². The van der Waals surface area contributed by atoms with Gasteiger partial charge in [0.05, 0.1) is 18.8 Å². The molecule has 0 spiro atoms. The number of hydrogen-bond donors (Lipinski definition) is 2. The molecule has 1 unspecified atom stereocenters. The van der Waals surface area contributed by atoms with E-state index in [1.165, 1.54) is 10.8 Å². The Hall–Kier alpha value is -2.09. The topological polar surface area (TPSA) is 133 Å². The van der Waals surface area contributed by atoms with Gasteiger partial charge in [-0.25, -0.2) is 4.79 Å². The molecule has 1 aromatic heterocycles. The third kappa shape index (κ3) is 2.74. The molecule has 0 saturated carbocycles. The molecule has 9 nitrogen and oxygen atoms in total. The van der Waals surface area contributed by atoms with Crippen LogP contribution in [0.2, 0.25) is 0 Å². The average Bonchev–Trinajstić information content (AvgIpc) is 2.77. The van der Waals surface area contributed by atoms with E-state index in [2.05, 4.69) is 15.0 Å². The number of aliphatic hydroxyl groups is 1. The van der Waals surface area contributed by atoms with Crippen LogP contribution >= 0.6 is 0 Å². The van der Waals surface area contributed by atoms with E-state index in [1.54, 1.807) is 6.92 Å². The molecule has 2 heterocycles. The minimum Gasteiger partial charge on any atom is -0.390 e. The van der Waals surface area contributed by atoms with Gasteiger partial charge in [0.25, 0.3) is 5.56 Å². The number of aliphatic hydroxyl groups excluding tert-OH is 1. The number of aryl methyl sites for hydroxylation is 1. The molecule has 0 bridgehead atoms. The van der Waals surface area contributed by atoms with Gasteiger partial charge in [-0.15, -0.1) is 0 Å². The van der Waals surface area contributed by atoms with Crippen LogP contribution in [-0.2, 0) is 11.2 Å². The SMILES string of the molecule is CCc1cn([C@@H]2CC(O)[C@H](CN=[N+]=[N-])O2)c(=O)[nH]c1=O. The first-order valence-electron chi connectivity index (χ1n) is 6.25. The highest BCUT2D eigenvalue weighted by Crippen LogP contribution is 2.27. The van der Waals surface area contributed by atoms with Gasteiger partial charge < -0.3 is 9.84 Å². The standard InChI is InChI=1S/C11H15N5O4/c1-2-6-5-16(11(19)14-10(6)18)9-3-7(17)8(20-9)4-13-15-12/h5,7-9,17H,2-4H2,1H3,(H,14,18,19)/t7?,8-,9-/m0/s1. The highest BCUT2D eigenvalue weighted by molar-refractivity contribution is 5.04. The van der Waals surface area contributed by atoms with E-state index in [0.717, 1.165) is 0 Å². The van der Waals surface area contributed by atoms with Gasteiger partial charge in [-0.05, 0) is 12.0 Å². The van der Waals surface area contributed by atoms with E-state index in [4.69, 9.17) is 10.3 Å². The quantitative estimate of drug-likeness (QED) is 0.458. The molecule has 0 aliphatic carbocycles. The van der Waals surface area contributed by atoms with Crippen molar-refractivity contribution >= 4 is 0 Å². The molecule has 0 aromatic carbocycles. The van der Waals surface area contributed by atoms with E-state index >= 15 is 0 Å². The Kier molecular flexibility index (Phi) is 4.23. The van der Waals surface area contributed by atoms with Gasteiger partial charge in [0.2, 0.25) is 0 Å². The summed E-state index contributed by atoms with van der Waals surface area (Å²) in [4.78, 5) is 28.1. The molecule has 0 radical (unpaired) electrons. The van der Waals surface area contributed by atoms with E-state index < -0.39 is 29.7 Å². The van der Waals surface area contributed by atoms with Gasteiger partial charge in [-0.3, -0.25) is 14.3 Å². The summed E-state index contributed by atoms with van der Waals surface area (Å²) < 4.78 is 6.76. The van der Waals surface area contributed by atoms with Gasteiger partial charge in [0.15, 0.2) is 0 Å². The summed E-state index contributed by atoms with van der Waals surface area (Å²) in [6.45, 7) is 1.79. The molecule has 1 aliphatic rings. The Bertz CT molecular complexity index is 645. The van der Waals surface area contributed by atoms with Crippen LogP contribution in [0, 0.1) is 0 Å². The number of aromatic nitrogens is 2. The maximum Gasteiger partial charge on any atom is 0.330 e. The smallest absolute Gasteiger partial charge is 0.330 e. The molecule has 1 aromatic rings. The Balaban J connectivity index is 2.27. The number of hydrogen-bond acceptors (Lipinski definition) is 5. The highest BCUT2D eigenvalue weighted by atomic mass is 16.5. The summed E-state index contributed by atoms with van der Waals surface area (Å²) in [5, 5.41) is 13.2. The average molecular weight is 281 g/mol. The van der Waals surface area contributed by atoms with E-state index in [1.807, 2.05) is 0 Å². The van der Waals surface area contributed by atoms with Crippen molar-refractivity contribution in [3.8, 4) is 0 Å². The first-order valence-corrected chi connectivity index (χ1v) is 6.25. The Morgan fingerprint density at radius 1 is 1.65 bits per heavy atom. The predicted molar refractivity (Wildman–Crippen MR) is 69.2 cm³/mol. The largest absolute Gasteiger partial charge is 0.390 e. The van der Waals surface area contributed by atoms with Crippen molar-refractivity contribution in [1.29, 1.82) is 0 Å². The molecule has 0 amide bonds. The van der Waals surface area contributed by atoms with Crippen molar-refractivity contribution in [3.63, 3.8) is 0 Å². The first-order chi connectivity index (χ1) is 9.56. The number of nitrogens with zero attached hydrogens (tertiary/aromatic N) is 4. The minimum absolute atomic E-state index is 0.00704. The third-order valence-corrected chi connectivity index (χ3v) is 3.26. The number of H-pyrrole nitrogens is 1. The lowest BCUT2D eigenvalue weighted by Crippen LogP contribution is -2.34. The van der Waals surface area contributed by atoms with Crippen LogP contribution in [0.4, 0.5) is 0 Å². The van der Waals surface area contributed by atoms with Crippen LogP contribution in [-0.4, -0.2) is 33.4 Å². The lowest BCUT2D eigenvalue weighted by molar-refractivity contribution is -0.0151.